The summed E-state index contributed by atoms with van der Waals surface area (Å²) in [7, 11) is 0. The molecule has 0 saturated heterocycles. The molecular weight excluding hydrogens is 280 g/mol. The monoisotopic (exact) mass is 308 g/mol. The van der Waals surface area contributed by atoms with E-state index in [4.69, 9.17) is 0 Å². The molecule has 0 heterocycles. The van der Waals surface area contributed by atoms with Crippen molar-refractivity contribution in [3.8, 4) is 0 Å². The van der Waals surface area contributed by atoms with Gasteiger partial charge < -0.3 is 5.11 Å². The van der Waals surface area contributed by atoms with Gasteiger partial charge in [-0.1, -0.05) is 80.1 Å². The maximum absolute atomic E-state index is 9.58. The SMILES string of the molecule is CC1=C(/C=C/C(=C\C=C\c2ccccc2)CO)C(C)(C)CCC1. The lowest BCUT2D eigenvalue weighted by Crippen LogP contribution is -2.19. The zero-order valence-corrected chi connectivity index (χ0v) is 14.5. The highest BCUT2D eigenvalue weighted by Gasteiger charge is 2.26. The van der Waals surface area contributed by atoms with Crippen molar-refractivity contribution >= 4 is 6.08 Å². The molecule has 122 valence electrons. The van der Waals surface area contributed by atoms with Crippen LogP contribution in [-0.4, -0.2) is 11.7 Å². The van der Waals surface area contributed by atoms with Crippen LogP contribution in [0, 0.1) is 5.41 Å². The molecule has 2 rings (SSSR count). The van der Waals surface area contributed by atoms with Gasteiger partial charge in [-0.25, -0.2) is 0 Å². The van der Waals surface area contributed by atoms with Gasteiger partial charge in [-0.05, 0) is 48.3 Å². The Balaban J connectivity index is 2.12. The van der Waals surface area contributed by atoms with Crippen LogP contribution in [0.4, 0.5) is 0 Å². The Bertz CT molecular complexity index is 627. The molecule has 0 unspecified atom stereocenters. The van der Waals surface area contributed by atoms with Crippen molar-refractivity contribution in [1.82, 2.24) is 0 Å². The molecule has 1 aromatic carbocycles. The molecule has 1 nitrogen and oxygen atoms in total. The lowest BCUT2D eigenvalue weighted by Gasteiger charge is -2.33. The van der Waals surface area contributed by atoms with Gasteiger partial charge >= 0.3 is 0 Å². The molecule has 1 aromatic rings. The summed E-state index contributed by atoms with van der Waals surface area (Å²) in [6.45, 7) is 6.92. The smallest absolute Gasteiger partial charge is 0.0681 e. The molecule has 0 aromatic heterocycles. The van der Waals surface area contributed by atoms with Crippen molar-refractivity contribution < 1.29 is 5.11 Å². The number of hydrogen-bond acceptors (Lipinski definition) is 1. The highest BCUT2D eigenvalue weighted by molar-refractivity contribution is 5.51. The third-order valence-electron chi connectivity index (χ3n) is 4.59. The summed E-state index contributed by atoms with van der Waals surface area (Å²) >= 11 is 0. The molecule has 1 aliphatic rings. The Morgan fingerprint density at radius 3 is 2.57 bits per heavy atom. The Morgan fingerprint density at radius 1 is 1.17 bits per heavy atom. The predicted octanol–water partition coefficient (Wildman–Crippen LogP) is 5.70. The molecule has 0 fully saturated rings. The number of benzene rings is 1. The van der Waals surface area contributed by atoms with Crippen molar-refractivity contribution in [3.63, 3.8) is 0 Å². The largest absolute Gasteiger partial charge is 0.392 e. The molecule has 0 atom stereocenters. The maximum Gasteiger partial charge on any atom is 0.0681 e. The topological polar surface area (TPSA) is 20.2 Å². The summed E-state index contributed by atoms with van der Waals surface area (Å²) in [5, 5.41) is 9.58. The fraction of sp³-hybridized carbons (Fsp3) is 0.364. The Kier molecular flexibility index (Phi) is 6.18. The minimum Gasteiger partial charge on any atom is -0.392 e. The third-order valence-corrected chi connectivity index (χ3v) is 4.59. The van der Waals surface area contributed by atoms with Gasteiger partial charge in [0.05, 0.1) is 6.61 Å². The Labute approximate surface area is 140 Å². The average Bonchev–Trinajstić information content (AvgIpc) is 2.53. The second kappa shape index (κ2) is 8.12. The molecule has 1 aliphatic carbocycles. The van der Waals surface area contributed by atoms with Crippen LogP contribution < -0.4 is 0 Å². The summed E-state index contributed by atoms with van der Waals surface area (Å²) in [5.41, 5.74) is 5.24. The molecule has 23 heavy (non-hydrogen) atoms. The minimum atomic E-state index is 0.0579. The van der Waals surface area contributed by atoms with E-state index >= 15 is 0 Å². The summed E-state index contributed by atoms with van der Waals surface area (Å²) in [6, 6.07) is 10.2. The molecule has 0 radical (unpaired) electrons. The normalized spacial score (nSPS) is 19.0. The molecular formula is C22H28O. The number of aliphatic hydroxyl groups excluding tert-OH is 1. The van der Waals surface area contributed by atoms with E-state index in [1.165, 1.54) is 30.4 Å². The van der Waals surface area contributed by atoms with E-state index in [0.717, 1.165) is 11.1 Å². The molecule has 0 saturated carbocycles. The molecule has 0 aliphatic heterocycles. The standard InChI is InChI=1S/C22H28O/c1-18-9-8-16-22(2,3)21(18)15-14-20(17-23)13-7-12-19-10-5-4-6-11-19/h4-7,10-15,23H,8-9,16-17H2,1-3H3/b12-7+,15-14+,20-13+. The number of allylic oxidation sites excluding steroid dienone is 5. The minimum absolute atomic E-state index is 0.0579. The number of aliphatic hydroxyl groups is 1. The van der Waals surface area contributed by atoms with Crippen LogP contribution in [0.15, 0.2) is 71.4 Å². The predicted molar refractivity (Wildman–Crippen MR) is 100 cm³/mol. The van der Waals surface area contributed by atoms with Gasteiger partial charge in [-0.3, -0.25) is 0 Å². The van der Waals surface area contributed by atoms with Gasteiger partial charge in [0, 0.05) is 0 Å². The van der Waals surface area contributed by atoms with E-state index in [0.29, 0.717) is 0 Å². The molecule has 1 N–H and O–H groups in total. The molecule has 1 heteroatoms. The van der Waals surface area contributed by atoms with E-state index in [1.807, 2.05) is 30.4 Å². The van der Waals surface area contributed by atoms with Crippen LogP contribution in [0.5, 0.6) is 0 Å². The number of hydrogen-bond donors (Lipinski definition) is 1. The van der Waals surface area contributed by atoms with E-state index in [9.17, 15) is 5.11 Å². The van der Waals surface area contributed by atoms with Gasteiger partial charge in [-0.15, -0.1) is 0 Å². The molecule has 0 amide bonds. The molecule has 0 spiro atoms. The summed E-state index contributed by atoms with van der Waals surface area (Å²) < 4.78 is 0. The fourth-order valence-electron chi connectivity index (χ4n) is 3.21. The fourth-order valence-corrected chi connectivity index (χ4v) is 3.21. The van der Waals surface area contributed by atoms with Crippen LogP contribution in [-0.2, 0) is 0 Å². The first-order chi connectivity index (χ1) is 11.0. The van der Waals surface area contributed by atoms with Crippen LogP contribution in [0.3, 0.4) is 0 Å². The maximum atomic E-state index is 9.58. The average molecular weight is 308 g/mol. The summed E-state index contributed by atoms with van der Waals surface area (Å²) in [6.07, 6.45) is 14.0. The van der Waals surface area contributed by atoms with Gasteiger partial charge in [0.1, 0.15) is 0 Å². The van der Waals surface area contributed by atoms with Gasteiger partial charge in [0.2, 0.25) is 0 Å². The van der Waals surface area contributed by atoms with E-state index in [1.54, 1.807) is 0 Å². The summed E-state index contributed by atoms with van der Waals surface area (Å²) in [4.78, 5) is 0. The lowest BCUT2D eigenvalue weighted by atomic mass is 9.72. The summed E-state index contributed by atoms with van der Waals surface area (Å²) in [5.74, 6) is 0. The molecule has 0 bridgehead atoms. The zero-order valence-electron chi connectivity index (χ0n) is 14.5. The lowest BCUT2D eigenvalue weighted by molar-refractivity contribution is 0.335. The van der Waals surface area contributed by atoms with Crippen molar-refractivity contribution in [2.45, 2.75) is 40.0 Å². The highest BCUT2D eigenvalue weighted by atomic mass is 16.3. The zero-order chi connectivity index (χ0) is 16.7. The van der Waals surface area contributed by atoms with Crippen molar-refractivity contribution in [1.29, 1.82) is 0 Å². The first-order valence-electron chi connectivity index (χ1n) is 8.44. The van der Waals surface area contributed by atoms with Gasteiger partial charge in [0.25, 0.3) is 0 Å². The van der Waals surface area contributed by atoms with Crippen LogP contribution in [0.2, 0.25) is 0 Å². The van der Waals surface area contributed by atoms with E-state index < -0.39 is 0 Å². The number of rotatable bonds is 5. The second-order valence-corrected chi connectivity index (χ2v) is 6.93. The van der Waals surface area contributed by atoms with Crippen LogP contribution in [0.25, 0.3) is 6.08 Å². The van der Waals surface area contributed by atoms with Crippen LogP contribution >= 0.6 is 0 Å². The van der Waals surface area contributed by atoms with Crippen molar-refractivity contribution in [3.05, 3.63) is 76.9 Å². The first kappa shape index (κ1) is 17.5. The quantitative estimate of drug-likeness (QED) is 0.692. The third kappa shape index (κ3) is 5.07. The van der Waals surface area contributed by atoms with Gasteiger partial charge in [0.15, 0.2) is 0 Å². The van der Waals surface area contributed by atoms with Gasteiger partial charge in [-0.2, -0.15) is 0 Å². The highest BCUT2D eigenvalue weighted by Crippen LogP contribution is 2.40. The Hall–Kier alpha value is -1.86. The first-order valence-corrected chi connectivity index (χ1v) is 8.44. The van der Waals surface area contributed by atoms with Crippen molar-refractivity contribution in [2.75, 3.05) is 6.61 Å². The van der Waals surface area contributed by atoms with Crippen molar-refractivity contribution in [2.24, 2.45) is 5.41 Å². The second-order valence-electron chi connectivity index (χ2n) is 6.93. The Morgan fingerprint density at radius 2 is 1.91 bits per heavy atom. The van der Waals surface area contributed by atoms with E-state index in [-0.39, 0.29) is 12.0 Å². The van der Waals surface area contributed by atoms with E-state index in [2.05, 4.69) is 51.1 Å². The van der Waals surface area contributed by atoms with Crippen LogP contribution in [0.1, 0.15) is 45.6 Å².